The van der Waals surface area contributed by atoms with Crippen LogP contribution in [0.2, 0.25) is 5.02 Å². The van der Waals surface area contributed by atoms with Gasteiger partial charge in [0.25, 0.3) is 0 Å². The quantitative estimate of drug-likeness (QED) is 0.699. The number of halogens is 1. The summed E-state index contributed by atoms with van der Waals surface area (Å²) in [4.78, 5) is 0. The van der Waals surface area contributed by atoms with Crippen LogP contribution in [-0.4, -0.2) is 24.3 Å². The number of piperidine rings is 1. The summed E-state index contributed by atoms with van der Waals surface area (Å²) >= 11 is 5.65. The van der Waals surface area contributed by atoms with E-state index in [2.05, 4.69) is 11.4 Å². The molecule has 0 aromatic rings. The molecule has 0 radical (unpaired) electrons. The van der Waals surface area contributed by atoms with Gasteiger partial charge in [0, 0.05) is 10.6 Å². The molecule has 0 aromatic carbocycles. The van der Waals surface area contributed by atoms with Crippen LogP contribution in [0.4, 0.5) is 0 Å². The van der Waals surface area contributed by atoms with Gasteiger partial charge < -0.3 is 10.4 Å². The Morgan fingerprint density at radius 2 is 2.00 bits per heavy atom. The molecule has 0 aromatic heterocycles. The number of fused-ring (bicyclic) bond motifs is 1. The van der Waals surface area contributed by atoms with E-state index in [1.165, 1.54) is 11.1 Å². The van der Waals surface area contributed by atoms with E-state index in [9.17, 15) is 0 Å². The molecule has 0 unspecified atom stereocenters. The molecule has 2 N–H and O–H groups in total. The number of rotatable bonds is 0. The van der Waals surface area contributed by atoms with E-state index in [0.717, 1.165) is 31.0 Å². The topological polar surface area (TPSA) is 32.3 Å². The van der Waals surface area contributed by atoms with Crippen LogP contribution in [0.1, 0.15) is 12.8 Å². The maximum Gasteiger partial charge on any atom is 0.0564 e. The van der Waals surface area contributed by atoms with Crippen molar-refractivity contribution in [1.82, 2.24) is 5.32 Å². The monoisotopic (exact) mass is 211 g/mol. The van der Waals surface area contributed by atoms with E-state index < -0.39 is 0 Å². The van der Waals surface area contributed by atoms with Crippen LogP contribution < -0.4 is 5.32 Å². The number of aliphatic hydroxyl groups excluding tert-OH is 1. The highest BCUT2D eigenvalue weighted by Gasteiger charge is 2.14. The molecule has 1 aliphatic heterocycles. The van der Waals surface area contributed by atoms with Crippen LogP contribution in [0.25, 0.3) is 11.1 Å². The molecule has 0 atom stereocenters. The Labute approximate surface area is 88.9 Å². The molecular weight excluding hydrogens is 198 g/mol. The summed E-state index contributed by atoms with van der Waals surface area (Å²) in [6, 6.07) is 6.02. The second-order valence-electron chi connectivity index (χ2n) is 3.68. The predicted octanol–water partition coefficient (Wildman–Crippen LogP) is 2.05. The zero-order valence-electron chi connectivity index (χ0n) is 7.96. The number of hydrogen-bond acceptors (Lipinski definition) is 2. The Kier molecular flexibility index (Phi) is 3.06. The van der Waals surface area contributed by atoms with Crippen molar-refractivity contribution in [3.63, 3.8) is 0 Å². The lowest BCUT2D eigenvalue weighted by atomic mass is 10.1. The van der Waals surface area contributed by atoms with Crippen LogP contribution in [0, 0.1) is 0 Å². The van der Waals surface area contributed by atoms with Gasteiger partial charge in [-0.3, -0.25) is 0 Å². The van der Waals surface area contributed by atoms with Gasteiger partial charge in [-0.25, -0.2) is 0 Å². The predicted molar refractivity (Wildman–Crippen MR) is 58.6 cm³/mol. The Hall–Kier alpha value is -0.570. The zero-order valence-corrected chi connectivity index (χ0v) is 8.72. The highest BCUT2D eigenvalue weighted by Crippen LogP contribution is 2.40. The smallest absolute Gasteiger partial charge is 0.0564 e. The van der Waals surface area contributed by atoms with Gasteiger partial charge in [-0.1, -0.05) is 17.7 Å². The minimum Gasteiger partial charge on any atom is -0.393 e. The molecule has 0 bridgehead atoms. The summed E-state index contributed by atoms with van der Waals surface area (Å²) in [6.07, 6.45) is 1.83. The molecule has 76 valence electrons. The van der Waals surface area contributed by atoms with E-state index in [-0.39, 0.29) is 6.10 Å². The standard InChI is InChI=1S/C6H3Cl.C5H11NO/c7-6-2-1-4-3-5(4)6;7-5-1-3-6-4-2-5/h1-3H;5-7H,1-4H2. The summed E-state index contributed by atoms with van der Waals surface area (Å²) < 4.78 is 0. The minimum absolute atomic E-state index is 0.0266. The molecule has 2 nitrogen and oxygen atoms in total. The van der Waals surface area contributed by atoms with Crippen molar-refractivity contribution in [2.24, 2.45) is 0 Å². The molecule has 0 saturated carbocycles. The largest absolute Gasteiger partial charge is 0.393 e. The number of benzene rings is 1. The van der Waals surface area contributed by atoms with Gasteiger partial charge in [-0.2, -0.15) is 0 Å². The molecular formula is C11H14ClNO. The highest BCUT2D eigenvalue weighted by molar-refractivity contribution is 6.35. The molecule has 3 rings (SSSR count). The first-order chi connectivity index (χ1) is 6.77. The zero-order chi connectivity index (χ0) is 9.97. The third kappa shape index (κ3) is 2.47. The first-order valence-corrected chi connectivity index (χ1v) is 5.34. The fourth-order valence-electron chi connectivity index (χ4n) is 1.52. The van der Waals surface area contributed by atoms with Crippen molar-refractivity contribution in [1.29, 1.82) is 0 Å². The van der Waals surface area contributed by atoms with Crippen LogP contribution in [0.5, 0.6) is 0 Å². The van der Waals surface area contributed by atoms with Crippen LogP contribution in [-0.2, 0) is 0 Å². The number of aliphatic hydroxyl groups is 1. The number of hydrogen-bond donors (Lipinski definition) is 2. The van der Waals surface area contributed by atoms with Crippen LogP contribution in [0.3, 0.4) is 0 Å². The fraction of sp³-hybridized carbons (Fsp3) is 0.455. The first-order valence-electron chi connectivity index (χ1n) is 4.96. The molecule has 14 heavy (non-hydrogen) atoms. The van der Waals surface area contributed by atoms with Gasteiger partial charge in [0.1, 0.15) is 0 Å². The Bertz CT molecular complexity index is 321. The first kappa shape index (κ1) is 9.97. The van der Waals surface area contributed by atoms with Crippen molar-refractivity contribution in [3.8, 4) is 11.1 Å². The highest BCUT2D eigenvalue weighted by atomic mass is 35.5. The molecule has 0 amide bonds. The summed E-state index contributed by atoms with van der Waals surface area (Å²) in [5.41, 5.74) is 2.55. The number of nitrogens with one attached hydrogen (secondary N) is 1. The maximum atomic E-state index is 8.87. The molecule has 0 spiro atoms. The Balaban J connectivity index is 0.000000107. The second-order valence-corrected chi connectivity index (χ2v) is 4.08. The summed E-state index contributed by atoms with van der Waals surface area (Å²) in [7, 11) is 0. The fourth-order valence-corrected chi connectivity index (χ4v) is 1.75. The molecule has 1 fully saturated rings. The minimum atomic E-state index is -0.0266. The van der Waals surface area contributed by atoms with Gasteiger partial charge in [-0.05, 0) is 43.6 Å². The molecule has 2 aliphatic carbocycles. The van der Waals surface area contributed by atoms with Crippen LogP contribution >= 0.6 is 11.6 Å². The van der Waals surface area contributed by atoms with Crippen molar-refractivity contribution < 1.29 is 5.11 Å². The summed E-state index contributed by atoms with van der Waals surface area (Å²) in [5, 5.41) is 12.9. The molecule has 3 heteroatoms. The Morgan fingerprint density at radius 1 is 1.29 bits per heavy atom. The molecule has 3 aliphatic rings. The normalized spacial score (nSPS) is 18.4. The van der Waals surface area contributed by atoms with Gasteiger partial charge in [-0.15, -0.1) is 0 Å². The van der Waals surface area contributed by atoms with E-state index in [1.807, 2.05) is 12.1 Å². The third-order valence-corrected chi connectivity index (χ3v) is 2.83. The lowest BCUT2D eigenvalue weighted by Gasteiger charge is -2.16. The van der Waals surface area contributed by atoms with Gasteiger partial charge in [0.15, 0.2) is 0 Å². The van der Waals surface area contributed by atoms with E-state index in [1.54, 1.807) is 0 Å². The van der Waals surface area contributed by atoms with E-state index >= 15 is 0 Å². The van der Waals surface area contributed by atoms with E-state index in [0.29, 0.717) is 0 Å². The van der Waals surface area contributed by atoms with Gasteiger partial charge >= 0.3 is 0 Å². The van der Waals surface area contributed by atoms with Crippen molar-refractivity contribution >= 4 is 11.6 Å². The summed E-state index contributed by atoms with van der Waals surface area (Å²) in [6.45, 7) is 1.97. The average molecular weight is 212 g/mol. The Morgan fingerprint density at radius 3 is 2.21 bits per heavy atom. The SMILES string of the molecule is Clc1ccc2cc1-2.OC1CCNCC1. The summed E-state index contributed by atoms with van der Waals surface area (Å²) in [5.74, 6) is 0. The lowest BCUT2D eigenvalue weighted by Crippen LogP contribution is -2.30. The average Bonchev–Trinajstić information content (AvgIpc) is 2.89. The van der Waals surface area contributed by atoms with Crippen LogP contribution in [0.15, 0.2) is 18.2 Å². The second kappa shape index (κ2) is 4.30. The molecule has 1 heterocycles. The lowest BCUT2D eigenvalue weighted by molar-refractivity contribution is 0.137. The van der Waals surface area contributed by atoms with Gasteiger partial charge in [0.2, 0.25) is 0 Å². The third-order valence-electron chi connectivity index (χ3n) is 2.50. The van der Waals surface area contributed by atoms with Crippen molar-refractivity contribution in [2.45, 2.75) is 18.9 Å². The molecule has 1 saturated heterocycles. The van der Waals surface area contributed by atoms with Crippen molar-refractivity contribution in [2.75, 3.05) is 13.1 Å². The van der Waals surface area contributed by atoms with Gasteiger partial charge in [0.05, 0.1) is 6.10 Å². The van der Waals surface area contributed by atoms with E-state index in [4.69, 9.17) is 16.7 Å². The maximum absolute atomic E-state index is 8.87. The van der Waals surface area contributed by atoms with Crippen molar-refractivity contribution in [3.05, 3.63) is 23.2 Å².